The molecule has 1 heterocycles. The highest BCUT2D eigenvalue weighted by Crippen LogP contribution is 2.77. The van der Waals surface area contributed by atoms with E-state index < -0.39 is 0 Å². The molecule has 0 aromatic heterocycles. The Kier molecular flexibility index (Phi) is 7.62. The van der Waals surface area contributed by atoms with Gasteiger partial charge in [-0.15, -0.1) is 0 Å². The van der Waals surface area contributed by atoms with E-state index in [1.807, 2.05) is 0 Å². The Morgan fingerprint density at radius 1 is 0.829 bits per heavy atom. The van der Waals surface area contributed by atoms with Crippen LogP contribution in [0.3, 0.4) is 0 Å². The van der Waals surface area contributed by atoms with Crippen LogP contribution in [0, 0.1) is 56.7 Å². The first-order valence-corrected chi connectivity index (χ1v) is 17.3. The van der Waals surface area contributed by atoms with Crippen LogP contribution in [0.4, 0.5) is 0 Å². The molecule has 1 saturated heterocycles. The van der Waals surface area contributed by atoms with E-state index in [9.17, 15) is 4.79 Å². The fourth-order valence-corrected chi connectivity index (χ4v) is 13.0. The third kappa shape index (κ3) is 4.45. The predicted octanol–water partition coefficient (Wildman–Crippen LogP) is 9.12. The lowest BCUT2D eigenvalue weighted by Crippen LogP contribution is -2.67. The van der Waals surface area contributed by atoms with Crippen molar-refractivity contribution in [2.45, 2.75) is 144 Å². The van der Waals surface area contributed by atoms with Crippen molar-refractivity contribution in [1.29, 1.82) is 0 Å². The van der Waals surface area contributed by atoms with E-state index in [0.29, 0.717) is 34.0 Å². The van der Waals surface area contributed by atoms with Crippen LogP contribution in [0.1, 0.15) is 132 Å². The van der Waals surface area contributed by atoms with E-state index in [1.54, 1.807) is 6.92 Å². The van der Waals surface area contributed by atoms with Gasteiger partial charge in [0.05, 0.1) is 6.61 Å². The third-order valence-corrected chi connectivity index (χ3v) is 15.2. The Balaban J connectivity index is 1.30. The summed E-state index contributed by atoms with van der Waals surface area (Å²) in [4.78, 5) is 12.0. The minimum absolute atomic E-state index is 0.00454. The molecule has 6 fully saturated rings. The number of carbonyl (C=O) groups excluding carboxylic acids is 1. The highest BCUT2D eigenvalue weighted by Gasteiger charge is 2.71. The maximum Gasteiger partial charge on any atom is 0.302 e. The van der Waals surface area contributed by atoms with Crippen molar-refractivity contribution in [2.24, 2.45) is 56.7 Å². The Labute approximate surface area is 251 Å². The van der Waals surface area contributed by atoms with Gasteiger partial charge in [-0.2, -0.15) is 0 Å². The summed E-state index contributed by atoms with van der Waals surface area (Å²) in [5.74, 6) is 3.27. The van der Waals surface area contributed by atoms with Crippen LogP contribution in [-0.2, 0) is 19.0 Å². The molecule has 1 unspecified atom stereocenters. The molecule has 0 spiro atoms. The number of hydrogen-bond donors (Lipinski definition) is 0. The molecule has 4 heteroatoms. The van der Waals surface area contributed by atoms with Gasteiger partial charge in [0.25, 0.3) is 0 Å². The molecular formula is C37H60O4. The monoisotopic (exact) mass is 568 g/mol. The van der Waals surface area contributed by atoms with Gasteiger partial charge < -0.3 is 14.2 Å². The summed E-state index contributed by atoms with van der Waals surface area (Å²) in [6.07, 6.45) is 16.2. The number of hydrogen-bond acceptors (Lipinski definition) is 4. The molecule has 1 aliphatic heterocycles. The van der Waals surface area contributed by atoms with Gasteiger partial charge in [0.15, 0.2) is 6.29 Å². The molecule has 4 nitrogen and oxygen atoms in total. The van der Waals surface area contributed by atoms with Crippen molar-refractivity contribution in [3.8, 4) is 0 Å². The van der Waals surface area contributed by atoms with Gasteiger partial charge in [0.2, 0.25) is 0 Å². The summed E-state index contributed by atoms with van der Waals surface area (Å²) < 4.78 is 18.7. The van der Waals surface area contributed by atoms with Gasteiger partial charge in [-0.1, -0.05) is 46.8 Å². The zero-order chi connectivity index (χ0) is 29.4. The quantitative estimate of drug-likeness (QED) is 0.245. The first-order valence-electron chi connectivity index (χ1n) is 17.3. The minimum Gasteiger partial charge on any atom is -0.462 e. The van der Waals surface area contributed by atoms with E-state index in [0.717, 1.165) is 37.9 Å². The molecule has 11 atom stereocenters. The van der Waals surface area contributed by atoms with Crippen LogP contribution in [0.2, 0.25) is 0 Å². The van der Waals surface area contributed by atoms with Gasteiger partial charge >= 0.3 is 5.97 Å². The molecule has 6 rings (SSSR count). The molecule has 0 aromatic rings. The number of ether oxygens (including phenoxy) is 3. The normalized spacial score (nSPS) is 50.6. The molecule has 6 aliphatic rings. The van der Waals surface area contributed by atoms with Crippen molar-refractivity contribution < 1.29 is 19.0 Å². The van der Waals surface area contributed by atoms with E-state index in [1.165, 1.54) is 76.2 Å². The Hall–Kier alpha value is -0.870. The van der Waals surface area contributed by atoms with Gasteiger partial charge in [-0.05, 0) is 142 Å². The third-order valence-electron chi connectivity index (χ3n) is 15.2. The van der Waals surface area contributed by atoms with Gasteiger partial charge in [-0.3, -0.25) is 4.79 Å². The molecule has 5 aliphatic carbocycles. The van der Waals surface area contributed by atoms with Crippen LogP contribution in [-0.4, -0.2) is 31.6 Å². The first-order chi connectivity index (χ1) is 19.3. The number of esters is 1. The molecule has 0 aromatic carbocycles. The fourth-order valence-electron chi connectivity index (χ4n) is 13.0. The molecule has 232 valence electrons. The highest BCUT2D eigenvalue weighted by atomic mass is 16.7. The lowest BCUT2D eigenvalue weighted by molar-refractivity contribution is -0.257. The van der Waals surface area contributed by atoms with Gasteiger partial charge in [0, 0.05) is 18.9 Å². The summed E-state index contributed by atoms with van der Waals surface area (Å²) in [5, 5.41) is 0. The minimum atomic E-state index is -0.117. The number of fused-ring (bicyclic) bond motifs is 7. The van der Waals surface area contributed by atoms with E-state index in [2.05, 4.69) is 48.1 Å². The Morgan fingerprint density at radius 3 is 2.29 bits per heavy atom. The lowest BCUT2D eigenvalue weighted by atomic mass is 9.32. The lowest BCUT2D eigenvalue weighted by Gasteiger charge is -2.73. The second-order valence-electron chi connectivity index (χ2n) is 17.1. The van der Waals surface area contributed by atoms with Crippen LogP contribution < -0.4 is 0 Å². The van der Waals surface area contributed by atoms with Crippen LogP contribution in [0.25, 0.3) is 0 Å². The number of carbonyl (C=O) groups is 1. The maximum absolute atomic E-state index is 12.0. The summed E-state index contributed by atoms with van der Waals surface area (Å²) in [7, 11) is 0. The zero-order valence-corrected chi connectivity index (χ0v) is 27.5. The van der Waals surface area contributed by atoms with Crippen molar-refractivity contribution in [3.63, 3.8) is 0 Å². The van der Waals surface area contributed by atoms with Gasteiger partial charge in [0.1, 0.15) is 6.10 Å². The van der Waals surface area contributed by atoms with E-state index in [-0.39, 0.29) is 29.2 Å². The number of rotatable bonds is 5. The Morgan fingerprint density at radius 2 is 1.61 bits per heavy atom. The molecule has 5 saturated carbocycles. The fraction of sp³-hybridized carbons (Fsp3) is 0.919. The molecule has 0 radical (unpaired) electrons. The maximum atomic E-state index is 12.0. The van der Waals surface area contributed by atoms with Crippen molar-refractivity contribution >= 4 is 5.97 Å². The molecular weight excluding hydrogens is 508 g/mol. The summed E-state index contributed by atoms with van der Waals surface area (Å²) in [6, 6.07) is 0. The van der Waals surface area contributed by atoms with Crippen LogP contribution in [0.5, 0.6) is 0 Å². The summed E-state index contributed by atoms with van der Waals surface area (Å²) in [5.41, 5.74) is 2.70. The van der Waals surface area contributed by atoms with Gasteiger partial charge in [-0.25, -0.2) is 0 Å². The molecule has 0 amide bonds. The number of allylic oxidation sites excluding steroid dienone is 1. The smallest absolute Gasteiger partial charge is 0.302 e. The average Bonchev–Trinajstić information content (AvgIpc) is 3.30. The second kappa shape index (κ2) is 10.4. The standard InChI is InChI=1S/C37H60O4/c1-24(2)26-14-19-37(23-40-31-11-9-10-22-39-31)21-20-35(7)27(32(26)37)12-13-29-34(6)17-16-30(41-25(3)38)33(4,5)28(34)15-18-36(29,35)8/h26-32H,1,9-23H2,2-8H3/t26-,27+,28-,29+,30-,31?,32+,34-,35+,36+,37+/m0/s1. The average molecular weight is 569 g/mol. The largest absolute Gasteiger partial charge is 0.462 e. The predicted molar refractivity (Wildman–Crippen MR) is 164 cm³/mol. The van der Waals surface area contributed by atoms with Crippen LogP contribution >= 0.6 is 0 Å². The van der Waals surface area contributed by atoms with Crippen LogP contribution in [0.15, 0.2) is 12.2 Å². The molecule has 0 N–H and O–H groups in total. The Bertz CT molecular complexity index is 1030. The highest BCUT2D eigenvalue weighted by molar-refractivity contribution is 5.66. The van der Waals surface area contributed by atoms with Crippen molar-refractivity contribution in [3.05, 3.63) is 12.2 Å². The van der Waals surface area contributed by atoms with Crippen molar-refractivity contribution in [2.75, 3.05) is 13.2 Å². The first kappa shape index (κ1) is 30.2. The summed E-state index contributed by atoms with van der Waals surface area (Å²) in [6.45, 7) is 23.1. The topological polar surface area (TPSA) is 44.8 Å². The zero-order valence-electron chi connectivity index (χ0n) is 27.5. The van der Waals surface area contributed by atoms with E-state index >= 15 is 0 Å². The van der Waals surface area contributed by atoms with E-state index in [4.69, 9.17) is 14.2 Å². The van der Waals surface area contributed by atoms with Crippen molar-refractivity contribution in [1.82, 2.24) is 0 Å². The SMILES string of the molecule is C=C(C)[C@@H]1CC[C@]2(COC3CCCCO3)CC[C@]3(C)[C@H](CC[C@@H]4[C@@]5(C)CC[C@H](OC(C)=O)C(C)(C)[C@@H]5CC[C@]43C)[C@@H]12. The molecule has 41 heavy (non-hydrogen) atoms. The second-order valence-corrected chi connectivity index (χ2v) is 17.1. The summed E-state index contributed by atoms with van der Waals surface area (Å²) >= 11 is 0. The molecule has 0 bridgehead atoms.